The summed E-state index contributed by atoms with van der Waals surface area (Å²) in [5, 5.41) is 17.2. The molecule has 2 N–H and O–H groups in total. The summed E-state index contributed by atoms with van der Waals surface area (Å²) in [6, 6.07) is 5.71. The molecule has 17 heavy (non-hydrogen) atoms. The van der Waals surface area contributed by atoms with Crippen LogP contribution in [0.1, 0.15) is 10.4 Å². The SMILES string of the molecule is N#CCS(=O)(=O)Nc1c(Br)cccc1C(=O)O. The second-order valence-electron chi connectivity index (χ2n) is 2.99. The van der Waals surface area contributed by atoms with Gasteiger partial charge in [0.05, 0.1) is 17.3 Å². The first-order chi connectivity index (χ1) is 7.87. The van der Waals surface area contributed by atoms with Crippen LogP contribution in [0.25, 0.3) is 0 Å². The molecular weight excluding hydrogens is 312 g/mol. The second kappa shape index (κ2) is 5.16. The first-order valence-electron chi connectivity index (χ1n) is 4.26. The average Bonchev–Trinajstić information content (AvgIpc) is 2.20. The summed E-state index contributed by atoms with van der Waals surface area (Å²) in [6.07, 6.45) is 0. The third-order valence-corrected chi connectivity index (χ3v) is 3.44. The van der Waals surface area contributed by atoms with Crippen molar-refractivity contribution in [3.05, 3.63) is 28.2 Å². The summed E-state index contributed by atoms with van der Waals surface area (Å²) in [6.45, 7) is 0. The number of benzene rings is 1. The lowest BCUT2D eigenvalue weighted by Gasteiger charge is -2.10. The number of sulfonamides is 1. The Balaban J connectivity index is 3.24. The summed E-state index contributed by atoms with van der Waals surface area (Å²) in [5.74, 6) is -2.01. The first-order valence-corrected chi connectivity index (χ1v) is 6.71. The molecule has 0 unspecified atom stereocenters. The van der Waals surface area contributed by atoms with Gasteiger partial charge in [-0.05, 0) is 28.1 Å². The van der Waals surface area contributed by atoms with Crippen molar-refractivity contribution in [1.29, 1.82) is 5.26 Å². The van der Waals surface area contributed by atoms with Gasteiger partial charge in [0.1, 0.15) is 0 Å². The zero-order chi connectivity index (χ0) is 13.1. The number of hydrogen-bond donors (Lipinski definition) is 2. The molecule has 0 bridgehead atoms. The molecule has 0 fully saturated rings. The van der Waals surface area contributed by atoms with E-state index in [0.29, 0.717) is 4.47 Å². The Kier molecular flexibility index (Phi) is 4.09. The third-order valence-electron chi connectivity index (χ3n) is 1.76. The highest BCUT2D eigenvalue weighted by molar-refractivity contribution is 9.10. The van der Waals surface area contributed by atoms with Gasteiger partial charge >= 0.3 is 5.97 Å². The molecule has 1 rings (SSSR count). The molecule has 0 saturated heterocycles. The molecule has 0 aliphatic rings. The van der Waals surface area contributed by atoms with Crippen molar-refractivity contribution in [2.45, 2.75) is 0 Å². The molecule has 0 heterocycles. The Hall–Kier alpha value is -1.59. The first kappa shape index (κ1) is 13.5. The summed E-state index contributed by atoms with van der Waals surface area (Å²) in [7, 11) is -3.87. The fraction of sp³-hybridized carbons (Fsp3) is 0.111. The van der Waals surface area contributed by atoms with Crippen molar-refractivity contribution in [1.82, 2.24) is 0 Å². The fourth-order valence-corrected chi connectivity index (χ4v) is 2.45. The number of carboxylic acids is 1. The zero-order valence-electron chi connectivity index (χ0n) is 8.34. The Morgan fingerprint density at radius 3 is 2.71 bits per heavy atom. The van der Waals surface area contributed by atoms with Crippen molar-refractivity contribution in [3.8, 4) is 6.07 Å². The molecule has 0 atom stereocenters. The minimum Gasteiger partial charge on any atom is -0.478 e. The average molecular weight is 319 g/mol. The van der Waals surface area contributed by atoms with E-state index in [1.165, 1.54) is 24.3 Å². The third kappa shape index (κ3) is 3.44. The van der Waals surface area contributed by atoms with Crippen LogP contribution in [0, 0.1) is 11.3 Å². The molecule has 0 spiro atoms. The predicted molar refractivity (Wildman–Crippen MR) is 64.1 cm³/mol. The molecule has 0 amide bonds. The van der Waals surface area contributed by atoms with Crippen LogP contribution in [0.2, 0.25) is 0 Å². The lowest BCUT2D eigenvalue weighted by molar-refractivity contribution is 0.0698. The lowest BCUT2D eigenvalue weighted by atomic mass is 10.2. The molecule has 0 radical (unpaired) electrons. The number of rotatable bonds is 4. The van der Waals surface area contributed by atoms with Crippen molar-refractivity contribution in [2.24, 2.45) is 0 Å². The highest BCUT2D eigenvalue weighted by atomic mass is 79.9. The van der Waals surface area contributed by atoms with E-state index in [0.717, 1.165) is 0 Å². The predicted octanol–water partition coefficient (Wildman–Crippen LogP) is 1.41. The van der Waals surface area contributed by atoms with E-state index in [2.05, 4.69) is 20.7 Å². The van der Waals surface area contributed by atoms with Gasteiger partial charge < -0.3 is 5.11 Å². The van der Waals surface area contributed by atoms with Gasteiger partial charge in [-0.3, -0.25) is 4.72 Å². The van der Waals surface area contributed by atoms with E-state index >= 15 is 0 Å². The summed E-state index contributed by atoms with van der Waals surface area (Å²) >= 11 is 3.05. The number of carbonyl (C=O) groups is 1. The van der Waals surface area contributed by atoms with Crippen molar-refractivity contribution in [2.75, 3.05) is 10.5 Å². The Labute approximate surface area is 106 Å². The van der Waals surface area contributed by atoms with Crippen LogP contribution in [0.3, 0.4) is 0 Å². The highest BCUT2D eigenvalue weighted by Gasteiger charge is 2.18. The molecule has 1 aromatic carbocycles. The van der Waals surface area contributed by atoms with Gasteiger partial charge in [-0.25, -0.2) is 13.2 Å². The van der Waals surface area contributed by atoms with E-state index in [-0.39, 0.29) is 11.3 Å². The van der Waals surface area contributed by atoms with E-state index in [1.54, 1.807) is 0 Å². The molecule has 8 heteroatoms. The molecule has 6 nitrogen and oxygen atoms in total. The number of para-hydroxylation sites is 1. The minimum atomic E-state index is -3.87. The maximum atomic E-state index is 11.4. The smallest absolute Gasteiger partial charge is 0.337 e. The van der Waals surface area contributed by atoms with Crippen LogP contribution in [0.5, 0.6) is 0 Å². The topological polar surface area (TPSA) is 107 Å². The van der Waals surface area contributed by atoms with E-state index in [4.69, 9.17) is 10.4 Å². The Morgan fingerprint density at radius 2 is 2.18 bits per heavy atom. The van der Waals surface area contributed by atoms with Crippen LogP contribution in [0.4, 0.5) is 5.69 Å². The van der Waals surface area contributed by atoms with E-state index in [9.17, 15) is 13.2 Å². The molecule has 90 valence electrons. The number of carboxylic acid groups (broad SMARTS) is 1. The van der Waals surface area contributed by atoms with Crippen LogP contribution in [-0.2, 0) is 10.0 Å². The number of hydrogen-bond acceptors (Lipinski definition) is 4. The van der Waals surface area contributed by atoms with Gasteiger partial charge in [0.15, 0.2) is 5.75 Å². The van der Waals surface area contributed by atoms with Gasteiger partial charge in [-0.2, -0.15) is 5.26 Å². The number of aromatic carboxylic acids is 1. The number of halogens is 1. The van der Waals surface area contributed by atoms with Gasteiger partial charge in [-0.15, -0.1) is 0 Å². The normalized spacial score (nSPS) is 10.6. The van der Waals surface area contributed by atoms with Crippen LogP contribution < -0.4 is 4.72 Å². The molecule has 1 aromatic rings. The maximum absolute atomic E-state index is 11.4. The second-order valence-corrected chi connectivity index (χ2v) is 5.56. The number of nitriles is 1. The summed E-state index contributed by atoms with van der Waals surface area (Å²) in [5.41, 5.74) is -0.281. The standard InChI is InChI=1S/C9H7BrN2O4S/c10-7-3-1-2-6(9(13)14)8(7)12-17(15,16)5-4-11/h1-3,12H,5H2,(H,13,14). The largest absolute Gasteiger partial charge is 0.478 e. The van der Waals surface area contributed by atoms with E-state index < -0.39 is 21.7 Å². The fourth-order valence-electron chi connectivity index (χ4n) is 1.08. The Morgan fingerprint density at radius 1 is 1.53 bits per heavy atom. The summed E-state index contributed by atoms with van der Waals surface area (Å²) in [4.78, 5) is 10.9. The highest BCUT2D eigenvalue weighted by Crippen LogP contribution is 2.27. The minimum absolute atomic E-state index is 0.0877. The number of nitrogens with one attached hydrogen (secondary N) is 1. The monoisotopic (exact) mass is 318 g/mol. The van der Waals surface area contributed by atoms with Gasteiger partial charge in [-0.1, -0.05) is 6.07 Å². The number of anilines is 1. The van der Waals surface area contributed by atoms with E-state index in [1.807, 2.05) is 0 Å². The lowest BCUT2D eigenvalue weighted by Crippen LogP contribution is -2.18. The van der Waals surface area contributed by atoms with Crippen molar-refractivity contribution >= 4 is 37.6 Å². The quantitative estimate of drug-likeness (QED) is 0.872. The zero-order valence-corrected chi connectivity index (χ0v) is 10.7. The maximum Gasteiger partial charge on any atom is 0.337 e. The molecule has 0 aliphatic carbocycles. The van der Waals surface area contributed by atoms with Crippen molar-refractivity contribution in [3.63, 3.8) is 0 Å². The van der Waals surface area contributed by atoms with Crippen molar-refractivity contribution < 1.29 is 18.3 Å². The Bertz CT molecular complexity index is 592. The number of nitrogens with zero attached hydrogens (tertiary/aromatic N) is 1. The van der Waals surface area contributed by atoms with Gasteiger partial charge in [0, 0.05) is 4.47 Å². The van der Waals surface area contributed by atoms with Gasteiger partial charge in [0.2, 0.25) is 10.0 Å². The van der Waals surface area contributed by atoms with Crippen LogP contribution >= 0.6 is 15.9 Å². The van der Waals surface area contributed by atoms with Crippen LogP contribution in [0.15, 0.2) is 22.7 Å². The molecular formula is C9H7BrN2O4S. The molecule has 0 aromatic heterocycles. The molecule has 0 saturated carbocycles. The molecule has 0 aliphatic heterocycles. The van der Waals surface area contributed by atoms with Crippen LogP contribution in [-0.4, -0.2) is 25.2 Å². The van der Waals surface area contributed by atoms with Gasteiger partial charge in [0.25, 0.3) is 0 Å². The summed E-state index contributed by atoms with van der Waals surface area (Å²) < 4.78 is 25.1.